The Labute approximate surface area is 123 Å². The fourth-order valence-corrected chi connectivity index (χ4v) is 2.02. The van der Waals surface area contributed by atoms with E-state index < -0.39 is 5.97 Å². The number of pyridine rings is 2. The van der Waals surface area contributed by atoms with Gasteiger partial charge in [-0.2, -0.15) is 0 Å². The molecule has 0 aliphatic heterocycles. The van der Waals surface area contributed by atoms with Crippen LogP contribution in [-0.4, -0.2) is 23.0 Å². The van der Waals surface area contributed by atoms with Crippen LogP contribution >= 0.6 is 0 Å². The van der Waals surface area contributed by atoms with Gasteiger partial charge < -0.3 is 15.8 Å². The van der Waals surface area contributed by atoms with E-state index in [4.69, 9.17) is 5.73 Å². The molecule has 3 N–H and O–H groups in total. The molecule has 0 fully saturated rings. The number of nitrogens with one attached hydrogen (secondary N) is 1. The summed E-state index contributed by atoms with van der Waals surface area (Å²) in [5.41, 5.74) is 8.62. The van der Waals surface area contributed by atoms with Gasteiger partial charge in [0.25, 0.3) is 0 Å². The number of rotatable bonds is 5. The number of nitrogens with two attached hydrogens (primary N) is 1. The Morgan fingerprint density at radius 1 is 1.33 bits per heavy atom. The molecule has 0 aliphatic carbocycles. The van der Waals surface area contributed by atoms with Gasteiger partial charge in [0.2, 0.25) is 0 Å². The van der Waals surface area contributed by atoms with Crippen molar-refractivity contribution in [2.24, 2.45) is 0 Å². The molecule has 6 nitrogen and oxygen atoms in total. The van der Waals surface area contributed by atoms with Crippen molar-refractivity contribution in [1.29, 1.82) is 0 Å². The normalized spacial score (nSPS) is 10.2. The second kappa shape index (κ2) is 6.69. The molecular weight excluding hydrogens is 268 g/mol. The van der Waals surface area contributed by atoms with Crippen molar-refractivity contribution in [2.75, 3.05) is 18.2 Å². The van der Waals surface area contributed by atoms with Crippen LogP contribution in [0, 0.1) is 0 Å². The van der Waals surface area contributed by atoms with Gasteiger partial charge in [-0.1, -0.05) is 13.0 Å². The molecule has 0 atom stereocenters. The minimum atomic E-state index is -0.481. The molecule has 0 aromatic carbocycles. The Bertz CT molecular complexity index is 643. The maximum Gasteiger partial charge on any atom is 0.340 e. The fraction of sp³-hybridized carbons (Fsp3) is 0.267. The SMILES string of the molecule is CCc1cccnc1CNc1nccc(C(=O)OC)c1N. The van der Waals surface area contributed by atoms with Gasteiger partial charge in [0.15, 0.2) is 0 Å². The molecule has 6 heteroatoms. The van der Waals surface area contributed by atoms with Crippen molar-refractivity contribution in [3.05, 3.63) is 47.4 Å². The van der Waals surface area contributed by atoms with E-state index in [1.165, 1.54) is 19.4 Å². The van der Waals surface area contributed by atoms with Crippen molar-refractivity contribution in [2.45, 2.75) is 19.9 Å². The topological polar surface area (TPSA) is 90.1 Å². The Morgan fingerprint density at radius 3 is 2.86 bits per heavy atom. The largest absolute Gasteiger partial charge is 0.465 e. The number of nitrogens with zero attached hydrogens (tertiary/aromatic N) is 2. The van der Waals surface area contributed by atoms with Crippen molar-refractivity contribution >= 4 is 17.5 Å². The van der Waals surface area contributed by atoms with Gasteiger partial charge in [0.05, 0.1) is 30.6 Å². The van der Waals surface area contributed by atoms with Gasteiger partial charge in [-0.05, 0) is 24.1 Å². The number of anilines is 2. The molecule has 0 aliphatic rings. The minimum Gasteiger partial charge on any atom is -0.465 e. The molecule has 0 spiro atoms. The summed E-state index contributed by atoms with van der Waals surface area (Å²) >= 11 is 0. The molecule has 0 saturated heterocycles. The maximum atomic E-state index is 11.6. The molecule has 110 valence electrons. The zero-order valence-electron chi connectivity index (χ0n) is 12.1. The number of hydrogen-bond donors (Lipinski definition) is 2. The first-order chi connectivity index (χ1) is 10.2. The zero-order chi connectivity index (χ0) is 15.2. The van der Waals surface area contributed by atoms with E-state index in [0.717, 1.165) is 17.7 Å². The maximum absolute atomic E-state index is 11.6. The van der Waals surface area contributed by atoms with Gasteiger partial charge in [0, 0.05) is 12.4 Å². The standard InChI is InChI=1S/C15H18N4O2/c1-3-10-5-4-7-17-12(10)9-19-14-13(16)11(6-8-18-14)15(20)21-2/h4-8H,3,9,16H2,1-2H3,(H,18,19). The molecule has 2 rings (SSSR count). The van der Waals surface area contributed by atoms with Crippen molar-refractivity contribution in [3.8, 4) is 0 Å². The van der Waals surface area contributed by atoms with Crippen molar-refractivity contribution < 1.29 is 9.53 Å². The van der Waals surface area contributed by atoms with Crippen molar-refractivity contribution in [3.63, 3.8) is 0 Å². The summed E-state index contributed by atoms with van der Waals surface area (Å²) in [6.07, 6.45) is 4.16. The molecule has 0 radical (unpaired) electrons. The molecular formula is C15H18N4O2. The first kappa shape index (κ1) is 14.8. The predicted octanol–water partition coefficient (Wildman–Crippen LogP) is 2.02. The summed E-state index contributed by atoms with van der Waals surface area (Å²) in [6, 6.07) is 5.48. The van der Waals surface area contributed by atoms with Crippen LogP contribution in [0.25, 0.3) is 0 Å². The van der Waals surface area contributed by atoms with Crippen LogP contribution in [0.5, 0.6) is 0 Å². The minimum absolute atomic E-state index is 0.276. The number of ether oxygens (including phenoxy) is 1. The van der Waals surface area contributed by atoms with E-state index in [-0.39, 0.29) is 5.69 Å². The Hall–Kier alpha value is -2.63. The van der Waals surface area contributed by atoms with Crippen LogP contribution in [0.15, 0.2) is 30.6 Å². The van der Waals surface area contributed by atoms with E-state index in [2.05, 4.69) is 26.9 Å². The summed E-state index contributed by atoms with van der Waals surface area (Å²) in [5, 5.41) is 3.12. The van der Waals surface area contributed by atoms with Crippen LogP contribution in [-0.2, 0) is 17.7 Å². The highest BCUT2D eigenvalue weighted by Gasteiger charge is 2.14. The number of nitrogen functional groups attached to an aromatic ring is 1. The third-order valence-corrected chi connectivity index (χ3v) is 3.18. The van der Waals surface area contributed by atoms with Gasteiger partial charge in [-0.25, -0.2) is 9.78 Å². The van der Waals surface area contributed by atoms with Gasteiger partial charge in [0.1, 0.15) is 5.82 Å². The molecule has 0 saturated carbocycles. The van der Waals surface area contributed by atoms with E-state index >= 15 is 0 Å². The average Bonchev–Trinajstić information content (AvgIpc) is 2.53. The third kappa shape index (κ3) is 3.28. The van der Waals surface area contributed by atoms with Crippen LogP contribution in [0.1, 0.15) is 28.5 Å². The van der Waals surface area contributed by atoms with Gasteiger partial charge in [-0.3, -0.25) is 4.98 Å². The van der Waals surface area contributed by atoms with Gasteiger partial charge >= 0.3 is 5.97 Å². The number of carbonyl (C=O) groups is 1. The van der Waals surface area contributed by atoms with Crippen LogP contribution < -0.4 is 11.1 Å². The fourth-order valence-electron chi connectivity index (χ4n) is 2.02. The van der Waals surface area contributed by atoms with E-state index in [1.54, 1.807) is 6.20 Å². The lowest BCUT2D eigenvalue weighted by atomic mass is 10.1. The quantitative estimate of drug-likeness (QED) is 0.817. The average molecular weight is 286 g/mol. The Balaban J connectivity index is 2.19. The first-order valence-electron chi connectivity index (χ1n) is 6.66. The lowest BCUT2D eigenvalue weighted by molar-refractivity contribution is 0.0602. The van der Waals surface area contributed by atoms with E-state index in [9.17, 15) is 4.79 Å². The van der Waals surface area contributed by atoms with Crippen LogP contribution in [0.4, 0.5) is 11.5 Å². The lowest BCUT2D eigenvalue weighted by Crippen LogP contribution is -2.12. The molecule has 0 amide bonds. The zero-order valence-corrected chi connectivity index (χ0v) is 12.1. The van der Waals surface area contributed by atoms with Crippen molar-refractivity contribution in [1.82, 2.24) is 9.97 Å². The van der Waals surface area contributed by atoms with E-state index in [1.807, 2.05) is 12.1 Å². The highest BCUT2D eigenvalue weighted by molar-refractivity contribution is 5.97. The summed E-state index contributed by atoms with van der Waals surface area (Å²) < 4.78 is 4.68. The second-order valence-electron chi connectivity index (χ2n) is 4.43. The number of carbonyl (C=O) groups excluding carboxylic acids is 1. The number of hydrogen-bond acceptors (Lipinski definition) is 6. The second-order valence-corrected chi connectivity index (χ2v) is 4.43. The first-order valence-corrected chi connectivity index (χ1v) is 6.66. The Kier molecular flexibility index (Phi) is 4.71. The lowest BCUT2D eigenvalue weighted by Gasteiger charge is -2.12. The van der Waals surface area contributed by atoms with Gasteiger partial charge in [-0.15, -0.1) is 0 Å². The monoisotopic (exact) mass is 286 g/mol. The molecule has 2 aromatic rings. The van der Waals surface area contributed by atoms with E-state index in [0.29, 0.717) is 17.9 Å². The van der Waals surface area contributed by atoms with Crippen LogP contribution in [0.3, 0.4) is 0 Å². The molecule has 0 bridgehead atoms. The molecule has 21 heavy (non-hydrogen) atoms. The molecule has 2 aromatic heterocycles. The number of methoxy groups -OCH3 is 1. The highest BCUT2D eigenvalue weighted by Crippen LogP contribution is 2.21. The smallest absolute Gasteiger partial charge is 0.340 e. The molecule has 2 heterocycles. The third-order valence-electron chi connectivity index (χ3n) is 3.18. The molecule has 0 unspecified atom stereocenters. The summed E-state index contributed by atoms with van der Waals surface area (Å²) in [7, 11) is 1.32. The van der Waals surface area contributed by atoms with Crippen LogP contribution in [0.2, 0.25) is 0 Å². The number of esters is 1. The number of aromatic nitrogens is 2. The Morgan fingerprint density at radius 2 is 2.14 bits per heavy atom. The number of aryl methyl sites for hydroxylation is 1. The highest BCUT2D eigenvalue weighted by atomic mass is 16.5. The summed E-state index contributed by atoms with van der Waals surface area (Å²) in [4.78, 5) is 20.1. The summed E-state index contributed by atoms with van der Waals surface area (Å²) in [6.45, 7) is 2.57. The summed E-state index contributed by atoms with van der Waals surface area (Å²) in [5.74, 6) is -0.0318. The predicted molar refractivity (Wildman–Crippen MR) is 80.9 cm³/mol.